The molecule has 170 valence electrons. The Morgan fingerprint density at radius 1 is 1.22 bits per heavy atom. The number of imidazole rings is 1. The molecule has 1 aliphatic rings. The van der Waals surface area contributed by atoms with Crippen molar-refractivity contribution in [1.82, 2.24) is 14.7 Å². The van der Waals surface area contributed by atoms with Crippen LogP contribution in [0.3, 0.4) is 0 Å². The number of ether oxygens (including phenoxy) is 1. The predicted molar refractivity (Wildman–Crippen MR) is 120 cm³/mol. The number of amides is 1. The zero-order valence-corrected chi connectivity index (χ0v) is 18.5. The highest BCUT2D eigenvalue weighted by molar-refractivity contribution is 6.30. The maximum Gasteiger partial charge on any atom is 0.345 e. The van der Waals surface area contributed by atoms with Gasteiger partial charge in [-0.05, 0) is 49.1 Å². The molecule has 3 aromatic rings. The number of aryl methyl sites for hydroxylation is 1. The van der Waals surface area contributed by atoms with E-state index in [4.69, 9.17) is 11.6 Å². The van der Waals surface area contributed by atoms with Crippen LogP contribution >= 0.6 is 11.6 Å². The number of nitrogens with zero attached hydrogens (tertiary/aromatic N) is 3. The van der Waals surface area contributed by atoms with Crippen LogP contribution in [0.2, 0.25) is 5.02 Å². The summed E-state index contributed by atoms with van der Waals surface area (Å²) in [7, 11) is 0. The highest BCUT2D eigenvalue weighted by atomic mass is 35.5. The molecule has 0 bridgehead atoms. The Labute approximate surface area is 190 Å². The standard InChI is InChI=1S/C23H25ClF2N4O2/c1-2-19-21(30-14-16(24)5-8-20(30)28-19)22(31)27-13-15-3-6-17(7-4-15)29-11-9-18(10-12-29)32-23(25)26/h3-8,14,18,23H,2,9-13H2,1H3,(H,27,31). The molecule has 0 radical (unpaired) electrons. The van der Waals surface area contributed by atoms with Crippen molar-refractivity contribution >= 4 is 28.8 Å². The summed E-state index contributed by atoms with van der Waals surface area (Å²) in [5, 5.41) is 3.50. The van der Waals surface area contributed by atoms with E-state index < -0.39 is 6.61 Å². The van der Waals surface area contributed by atoms with Crippen LogP contribution in [0.15, 0.2) is 42.6 Å². The maximum atomic E-state index is 12.9. The number of piperidine rings is 1. The molecule has 0 saturated carbocycles. The first-order chi connectivity index (χ1) is 15.4. The van der Waals surface area contributed by atoms with E-state index in [0.717, 1.165) is 16.9 Å². The summed E-state index contributed by atoms with van der Waals surface area (Å²) in [5.41, 5.74) is 3.89. The number of hydrogen-bond acceptors (Lipinski definition) is 4. The maximum absolute atomic E-state index is 12.9. The fraction of sp³-hybridized carbons (Fsp3) is 0.391. The summed E-state index contributed by atoms with van der Waals surface area (Å²) in [5.74, 6) is -0.207. The highest BCUT2D eigenvalue weighted by Gasteiger charge is 2.23. The number of nitrogens with one attached hydrogen (secondary N) is 1. The first-order valence-corrected chi connectivity index (χ1v) is 11.0. The first kappa shape index (κ1) is 22.5. The molecule has 1 saturated heterocycles. The Morgan fingerprint density at radius 3 is 2.59 bits per heavy atom. The van der Waals surface area contributed by atoms with Crippen molar-refractivity contribution < 1.29 is 18.3 Å². The van der Waals surface area contributed by atoms with Crippen LogP contribution in [0.4, 0.5) is 14.5 Å². The van der Waals surface area contributed by atoms with Gasteiger partial charge in [-0.15, -0.1) is 0 Å². The van der Waals surface area contributed by atoms with Gasteiger partial charge in [-0.3, -0.25) is 9.20 Å². The fourth-order valence-electron chi connectivity index (χ4n) is 4.04. The van der Waals surface area contributed by atoms with Crippen molar-refractivity contribution in [1.29, 1.82) is 0 Å². The topological polar surface area (TPSA) is 58.9 Å². The number of alkyl halides is 2. The molecule has 2 aromatic heterocycles. The third-order valence-corrected chi connectivity index (χ3v) is 5.92. The van der Waals surface area contributed by atoms with Gasteiger partial charge in [-0.1, -0.05) is 30.7 Å². The van der Waals surface area contributed by atoms with Crippen LogP contribution in [0.1, 0.15) is 41.5 Å². The van der Waals surface area contributed by atoms with Gasteiger partial charge in [0.25, 0.3) is 5.91 Å². The summed E-state index contributed by atoms with van der Waals surface area (Å²) < 4.78 is 31.1. The van der Waals surface area contributed by atoms with Gasteiger partial charge in [0.1, 0.15) is 11.3 Å². The second-order valence-corrected chi connectivity index (χ2v) is 8.20. The van der Waals surface area contributed by atoms with E-state index in [1.54, 1.807) is 22.7 Å². The third kappa shape index (κ3) is 5.02. The average Bonchev–Trinajstić information content (AvgIpc) is 3.16. The number of hydrogen-bond donors (Lipinski definition) is 1. The Bertz CT molecular complexity index is 1080. The van der Waals surface area contributed by atoms with Crippen LogP contribution in [-0.4, -0.2) is 41.1 Å². The van der Waals surface area contributed by atoms with Gasteiger partial charge in [0.15, 0.2) is 0 Å². The molecule has 1 N–H and O–H groups in total. The van der Waals surface area contributed by atoms with E-state index in [1.165, 1.54) is 0 Å². The summed E-state index contributed by atoms with van der Waals surface area (Å²) in [6.07, 6.45) is 3.09. The second-order valence-electron chi connectivity index (χ2n) is 7.77. The highest BCUT2D eigenvalue weighted by Crippen LogP contribution is 2.23. The number of benzene rings is 1. The number of aromatic nitrogens is 2. The number of halogens is 3. The van der Waals surface area contributed by atoms with Crippen molar-refractivity contribution in [3.63, 3.8) is 0 Å². The Hall–Kier alpha value is -2.71. The molecular weight excluding hydrogens is 438 g/mol. The number of rotatable bonds is 7. The Balaban J connectivity index is 1.37. The molecule has 0 unspecified atom stereocenters. The smallest absolute Gasteiger partial charge is 0.345 e. The van der Waals surface area contributed by atoms with Crippen molar-refractivity contribution in [3.05, 3.63) is 64.6 Å². The minimum Gasteiger partial charge on any atom is -0.371 e. The van der Waals surface area contributed by atoms with Gasteiger partial charge in [0.2, 0.25) is 0 Å². The van der Waals surface area contributed by atoms with Crippen molar-refractivity contribution in [3.8, 4) is 0 Å². The Kier molecular flexibility index (Phi) is 6.91. The molecule has 1 fully saturated rings. The molecule has 32 heavy (non-hydrogen) atoms. The minimum atomic E-state index is -2.72. The van der Waals surface area contributed by atoms with Crippen LogP contribution in [0, 0.1) is 0 Å². The van der Waals surface area contributed by atoms with E-state index in [1.807, 2.05) is 31.2 Å². The van der Waals surface area contributed by atoms with Gasteiger partial charge in [0.05, 0.1) is 16.8 Å². The van der Waals surface area contributed by atoms with Crippen LogP contribution in [0.5, 0.6) is 0 Å². The van der Waals surface area contributed by atoms with E-state index in [9.17, 15) is 13.6 Å². The molecular formula is C23H25ClF2N4O2. The van der Waals surface area contributed by atoms with Crippen molar-refractivity contribution in [2.24, 2.45) is 0 Å². The molecule has 0 atom stereocenters. The lowest BCUT2D eigenvalue weighted by Gasteiger charge is -2.33. The van der Waals surface area contributed by atoms with Gasteiger partial charge in [-0.25, -0.2) is 4.98 Å². The zero-order valence-electron chi connectivity index (χ0n) is 17.7. The van der Waals surface area contributed by atoms with Gasteiger partial charge < -0.3 is 15.0 Å². The predicted octanol–water partition coefficient (Wildman–Crippen LogP) is 4.69. The van der Waals surface area contributed by atoms with Gasteiger partial charge in [0, 0.05) is 31.5 Å². The lowest BCUT2D eigenvalue weighted by molar-refractivity contribution is -0.166. The molecule has 0 aliphatic carbocycles. The Morgan fingerprint density at radius 2 is 1.94 bits per heavy atom. The van der Waals surface area contributed by atoms with E-state index in [0.29, 0.717) is 55.3 Å². The average molecular weight is 463 g/mol. The van der Waals surface area contributed by atoms with Gasteiger partial charge in [-0.2, -0.15) is 8.78 Å². The van der Waals surface area contributed by atoms with Crippen LogP contribution in [-0.2, 0) is 17.7 Å². The molecule has 1 aromatic carbocycles. The summed E-state index contributed by atoms with van der Waals surface area (Å²) >= 11 is 6.11. The third-order valence-electron chi connectivity index (χ3n) is 5.70. The molecule has 1 aliphatic heterocycles. The number of carbonyl (C=O) groups is 1. The summed E-state index contributed by atoms with van der Waals surface area (Å²) in [4.78, 5) is 19.6. The normalized spacial score (nSPS) is 15.0. The molecule has 9 heteroatoms. The number of pyridine rings is 1. The quantitative estimate of drug-likeness (QED) is 0.553. The van der Waals surface area contributed by atoms with E-state index in [-0.39, 0.29) is 12.0 Å². The number of carbonyl (C=O) groups excluding carboxylic acids is 1. The van der Waals surface area contributed by atoms with E-state index >= 15 is 0 Å². The number of fused-ring (bicyclic) bond motifs is 1. The molecule has 3 heterocycles. The first-order valence-electron chi connectivity index (χ1n) is 10.7. The molecule has 4 rings (SSSR count). The fourth-order valence-corrected chi connectivity index (χ4v) is 4.20. The minimum absolute atomic E-state index is 0.207. The lowest BCUT2D eigenvalue weighted by Crippen LogP contribution is -2.37. The lowest BCUT2D eigenvalue weighted by atomic mass is 10.1. The zero-order chi connectivity index (χ0) is 22.7. The van der Waals surface area contributed by atoms with Gasteiger partial charge >= 0.3 is 6.61 Å². The van der Waals surface area contributed by atoms with Crippen molar-refractivity contribution in [2.75, 3.05) is 18.0 Å². The largest absolute Gasteiger partial charge is 0.371 e. The summed E-state index contributed by atoms with van der Waals surface area (Å²) in [6, 6.07) is 11.4. The monoisotopic (exact) mass is 462 g/mol. The number of anilines is 1. The van der Waals surface area contributed by atoms with Crippen LogP contribution < -0.4 is 10.2 Å². The molecule has 6 nitrogen and oxygen atoms in total. The molecule has 0 spiro atoms. The molecule has 1 amide bonds. The SMILES string of the molecule is CCc1nc2ccc(Cl)cn2c1C(=O)NCc1ccc(N2CCC(OC(F)F)CC2)cc1. The van der Waals surface area contributed by atoms with E-state index in [2.05, 4.69) is 19.9 Å². The summed E-state index contributed by atoms with van der Waals surface area (Å²) in [6.45, 7) is 0.961. The van der Waals surface area contributed by atoms with Crippen LogP contribution in [0.25, 0.3) is 5.65 Å². The second kappa shape index (κ2) is 9.83. The van der Waals surface area contributed by atoms with Crippen molar-refractivity contribution in [2.45, 2.75) is 45.4 Å².